The van der Waals surface area contributed by atoms with Crippen molar-refractivity contribution in [2.24, 2.45) is 0 Å². The smallest absolute Gasteiger partial charge is 0.320 e. The SMILES string of the molecule is CC(C)OC(=O)CNCCN1CCCC1. The summed E-state index contributed by atoms with van der Waals surface area (Å²) in [6.07, 6.45) is 2.61. The predicted octanol–water partition coefficient (Wildman–Crippen LogP) is 0.623. The summed E-state index contributed by atoms with van der Waals surface area (Å²) in [6.45, 7) is 8.37. The number of hydrogen-bond donors (Lipinski definition) is 1. The topological polar surface area (TPSA) is 41.6 Å². The Morgan fingerprint density at radius 1 is 1.40 bits per heavy atom. The van der Waals surface area contributed by atoms with E-state index < -0.39 is 0 Å². The summed E-state index contributed by atoms with van der Waals surface area (Å²) in [4.78, 5) is 13.6. The standard InChI is InChI=1S/C11H22N2O2/c1-10(2)15-11(14)9-12-5-8-13-6-3-4-7-13/h10,12H,3-9H2,1-2H3. The Hall–Kier alpha value is -0.610. The summed E-state index contributed by atoms with van der Waals surface area (Å²) in [5, 5.41) is 3.10. The number of carbonyl (C=O) groups excluding carboxylic acids is 1. The lowest BCUT2D eigenvalue weighted by Crippen LogP contribution is -2.33. The van der Waals surface area contributed by atoms with Crippen molar-refractivity contribution in [3.05, 3.63) is 0 Å². The Kier molecular flexibility index (Phi) is 5.65. The summed E-state index contributed by atoms with van der Waals surface area (Å²) in [7, 11) is 0. The lowest BCUT2D eigenvalue weighted by atomic mass is 10.4. The average Bonchev–Trinajstić information content (AvgIpc) is 2.63. The Morgan fingerprint density at radius 3 is 2.67 bits per heavy atom. The van der Waals surface area contributed by atoms with Crippen molar-refractivity contribution < 1.29 is 9.53 Å². The molecule has 1 heterocycles. The molecule has 0 atom stereocenters. The first-order valence-electron chi connectivity index (χ1n) is 5.81. The van der Waals surface area contributed by atoms with Crippen molar-refractivity contribution in [2.45, 2.75) is 32.8 Å². The van der Waals surface area contributed by atoms with Gasteiger partial charge in [0.05, 0.1) is 12.6 Å². The highest BCUT2D eigenvalue weighted by Crippen LogP contribution is 2.05. The Balaban J connectivity index is 1.94. The minimum absolute atomic E-state index is 0.0158. The summed E-state index contributed by atoms with van der Waals surface area (Å²) in [5.74, 6) is -0.161. The van der Waals surface area contributed by atoms with Crippen LogP contribution in [0, 0.1) is 0 Å². The van der Waals surface area contributed by atoms with Gasteiger partial charge in [0, 0.05) is 13.1 Å². The second-order valence-electron chi connectivity index (χ2n) is 4.26. The van der Waals surface area contributed by atoms with Gasteiger partial charge in [-0.25, -0.2) is 0 Å². The highest BCUT2D eigenvalue weighted by Gasteiger charge is 2.10. The van der Waals surface area contributed by atoms with Crippen molar-refractivity contribution >= 4 is 5.97 Å². The lowest BCUT2D eigenvalue weighted by Gasteiger charge is -2.14. The highest BCUT2D eigenvalue weighted by atomic mass is 16.5. The first kappa shape index (κ1) is 12.5. The molecule has 0 amide bonds. The van der Waals surface area contributed by atoms with Crippen LogP contribution in [-0.4, -0.2) is 49.7 Å². The molecule has 88 valence electrons. The molecule has 0 aromatic rings. The number of hydrogen-bond acceptors (Lipinski definition) is 4. The van der Waals surface area contributed by atoms with Crippen LogP contribution in [0.25, 0.3) is 0 Å². The van der Waals surface area contributed by atoms with Crippen LogP contribution in [-0.2, 0) is 9.53 Å². The molecule has 4 nitrogen and oxygen atoms in total. The van der Waals surface area contributed by atoms with E-state index in [1.807, 2.05) is 13.8 Å². The first-order chi connectivity index (χ1) is 7.18. The molecule has 1 saturated heterocycles. The number of likely N-dealkylation sites (tertiary alicyclic amines) is 1. The van der Waals surface area contributed by atoms with Gasteiger partial charge in [-0.2, -0.15) is 0 Å². The monoisotopic (exact) mass is 214 g/mol. The van der Waals surface area contributed by atoms with Gasteiger partial charge in [-0.1, -0.05) is 0 Å². The molecule has 0 saturated carbocycles. The van der Waals surface area contributed by atoms with Crippen LogP contribution in [0.4, 0.5) is 0 Å². The number of esters is 1. The Labute approximate surface area is 92.0 Å². The molecule has 15 heavy (non-hydrogen) atoms. The quantitative estimate of drug-likeness (QED) is 0.520. The number of nitrogens with one attached hydrogen (secondary N) is 1. The van der Waals surface area contributed by atoms with Crippen molar-refractivity contribution in [1.29, 1.82) is 0 Å². The third-order valence-electron chi connectivity index (χ3n) is 2.44. The molecule has 1 aliphatic heterocycles. The molecule has 4 heteroatoms. The Bertz CT molecular complexity index is 189. The van der Waals surface area contributed by atoms with Crippen LogP contribution >= 0.6 is 0 Å². The van der Waals surface area contributed by atoms with Crippen molar-refractivity contribution in [3.8, 4) is 0 Å². The van der Waals surface area contributed by atoms with Gasteiger partial charge in [0.1, 0.15) is 0 Å². The van der Waals surface area contributed by atoms with E-state index >= 15 is 0 Å². The minimum Gasteiger partial charge on any atom is -0.462 e. The molecule has 1 rings (SSSR count). The minimum atomic E-state index is -0.161. The molecule has 0 radical (unpaired) electrons. The van der Waals surface area contributed by atoms with Crippen LogP contribution in [0.1, 0.15) is 26.7 Å². The third-order valence-corrected chi connectivity index (χ3v) is 2.44. The summed E-state index contributed by atoms with van der Waals surface area (Å²) in [5.41, 5.74) is 0. The molecule has 1 N–H and O–H groups in total. The van der Waals surface area contributed by atoms with Crippen molar-refractivity contribution in [2.75, 3.05) is 32.7 Å². The third kappa shape index (κ3) is 5.74. The number of nitrogens with zero attached hydrogens (tertiary/aromatic N) is 1. The van der Waals surface area contributed by atoms with Crippen LogP contribution in [0.5, 0.6) is 0 Å². The lowest BCUT2D eigenvalue weighted by molar-refractivity contribution is -0.146. The van der Waals surface area contributed by atoms with Crippen LogP contribution in [0.2, 0.25) is 0 Å². The van der Waals surface area contributed by atoms with E-state index in [1.165, 1.54) is 25.9 Å². The normalized spacial score (nSPS) is 17.3. The van der Waals surface area contributed by atoms with Gasteiger partial charge in [-0.3, -0.25) is 4.79 Å². The summed E-state index contributed by atoms with van der Waals surface area (Å²) >= 11 is 0. The summed E-state index contributed by atoms with van der Waals surface area (Å²) in [6, 6.07) is 0. The molecular weight excluding hydrogens is 192 g/mol. The van der Waals surface area contributed by atoms with Gasteiger partial charge in [-0.15, -0.1) is 0 Å². The maximum absolute atomic E-state index is 11.2. The van der Waals surface area contributed by atoms with E-state index in [0.29, 0.717) is 6.54 Å². The molecule has 0 aliphatic carbocycles. The van der Waals surface area contributed by atoms with Gasteiger partial charge in [0.25, 0.3) is 0 Å². The fourth-order valence-corrected chi connectivity index (χ4v) is 1.74. The van der Waals surface area contributed by atoms with E-state index in [1.54, 1.807) is 0 Å². The van der Waals surface area contributed by atoms with E-state index in [2.05, 4.69) is 10.2 Å². The predicted molar refractivity (Wildman–Crippen MR) is 59.8 cm³/mol. The van der Waals surface area contributed by atoms with E-state index in [4.69, 9.17) is 4.74 Å². The molecule has 0 spiro atoms. The fourth-order valence-electron chi connectivity index (χ4n) is 1.74. The molecule has 0 aromatic carbocycles. The van der Waals surface area contributed by atoms with E-state index in [9.17, 15) is 4.79 Å². The number of ether oxygens (including phenoxy) is 1. The fraction of sp³-hybridized carbons (Fsp3) is 0.909. The largest absolute Gasteiger partial charge is 0.462 e. The highest BCUT2D eigenvalue weighted by molar-refractivity contribution is 5.71. The second kappa shape index (κ2) is 6.80. The average molecular weight is 214 g/mol. The zero-order chi connectivity index (χ0) is 11.1. The van der Waals surface area contributed by atoms with Gasteiger partial charge in [0.15, 0.2) is 0 Å². The first-order valence-corrected chi connectivity index (χ1v) is 5.81. The maximum atomic E-state index is 11.2. The number of rotatable bonds is 6. The number of carbonyl (C=O) groups is 1. The van der Waals surface area contributed by atoms with Gasteiger partial charge < -0.3 is 15.0 Å². The summed E-state index contributed by atoms with van der Waals surface area (Å²) < 4.78 is 5.01. The van der Waals surface area contributed by atoms with Crippen molar-refractivity contribution in [1.82, 2.24) is 10.2 Å². The molecule has 1 fully saturated rings. The van der Waals surface area contributed by atoms with Crippen LogP contribution in [0.3, 0.4) is 0 Å². The maximum Gasteiger partial charge on any atom is 0.320 e. The van der Waals surface area contributed by atoms with Gasteiger partial charge >= 0.3 is 5.97 Å². The Morgan fingerprint density at radius 2 is 2.07 bits per heavy atom. The van der Waals surface area contributed by atoms with Gasteiger partial charge in [0.2, 0.25) is 0 Å². The van der Waals surface area contributed by atoms with E-state index in [0.717, 1.165) is 13.1 Å². The molecule has 0 aromatic heterocycles. The molecule has 0 bridgehead atoms. The zero-order valence-corrected chi connectivity index (χ0v) is 9.79. The molecule has 0 unspecified atom stereocenters. The molecule has 1 aliphatic rings. The molecular formula is C11H22N2O2. The van der Waals surface area contributed by atoms with E-state index in [-0.39, 0.29) is 12.1 Å². The van der Waals surface area contributed by atoms with Crippen molar-refractivity contribution in [3.63, 3.8) is 0 Å². The zero-order valence-electron chi connectivity index (χ0n) is 9.79. The van der Waals surface area contributed by atoms with Crippen LogP contribution < -0.4 is 5.32 Å². The second-order valence-corrected chi connectivity index (χ2v) is 4.26. The van der Waals surface area contributed by atoms with Gasteiger partial charge in [-0.05, 0) is 39.8 Å². The van der Waals surface area contributed by atoms with Crippen LogP contribution in [0.15, 0.2) is 0 Å².